The third-order valence-corrected chi connectivity index (χ3v) is 4.78. The number of halogens is 1. The van der Waals surface area contributed by atoms with Gasteiger partial charge < -0.3 is 4.90 Å². The summed E-state index contributed by atoms with van der Waals surface area (Å²) < 4.78 is 13.1. The molecule has 3 nitrogen and oxygen atoms in total. The largest absolute Gasteiger partial charge is 0.305 e. The highest BCUT2D eigenvalue weighted by Crippen LogP contribution is 2.26. The van der Waals surface area contributed by atoms with Crippen molar-refractivity contribution >= 4 is 0 Å². The topological polar surface area (TPSA) is 19.4 Å². The molecule has 1 fully saturated rings. The molecule has 1 saturated heterocycles. The molecule has 2 aromatic rings. The van der Waals surface area contributed by atoms with E-state index in [-0.39, 0.29) is 5.82 Å². The summed E-state index contributed by atoms with van der Waals surface area (Å²) in [4.78, 5) is 8.97. The van der Waals surface area contributed by atoms with Gasteiger partial charge in [-0.3, -0.25) is 9.88 Å². The lowest BCUT2D eigenvalue weighted by atomic mass is 10.00. The molecule has 2 atom stereocenters. The van der Waals surface area contributed by atoms with Crippen LogP contribution in [0.25, 0.3) is 0 Å². The van der Waals surface area contributed by atoms with Crippen molar-refractivity contribution in [3.8, 4) is 0 Å². The van der Waals surface area contributed by atoms with E-state index in [2.05, 4.69) is 41.0 Å². The third kappa shape index (κ3) is 3.95. The smallest absolute Gasteiger partial charge is 0.123 e. The summed E-state index contributed by atoms with van der Waals surface area (Å²) in [5, 5.41) is 0. The van der Waals surface area contributed by atoms with Gasteiger partial charge >= 0.3 is 0 Å². The van der Waals surface area contributed by atoms with E-state index < -0.39 is 0 Å². The molecule has 1 aromatic heterocycles. The summed E-state index contributed by atoms with van der Waals surface area (Å²) in [5.41, 5.74) is 2.49. The van der Waals surface area contributed by atoms with Gasteiger partial charge in [0.25, 0.3) is 0 Å². The monoisotopic (exact) mass is 313 g/mol. The minimum atomic E-state index is -0.172. The van der Waals surface area contributed by atoms with Gasteiger partial charge in [0.05, 0.1) is 0 Å². The van der Waals surface area contributed by atoms with Crippen LogP contribution in [0, 0.1) is 5.82 Å². The first kappa shape index (κ1) is 16.1. The van der Waals surface area contributed by atoms with E-state index in [0.717, 1.165) is 19.5 Å². The molecule has 23 heavy (non-hydrogen) atoms. The Bertz CT molecular complexity index is 612. The van der Waals surface area contributed by atoms with Gasteiger partial charge in [-0.25, -0.2) is 4.39 Å². The Morgan fingerprint density at radius 2 is 1.78 bits per heavy atom. The van der Waals surface area contributed by atoms with Crippen LogP contribution < -0.4 is 0 Å². The number of likely N-dealkylation sites (tertiary alicyclic amines) is 1. The Morgan fingerprint density at radius 3 is 2.43 bits per heavy atom. The molecular formula is C19H24FN3. The summed E-state index contributed by atoms with van der Waals surface area (Å²) in [5.74, 6) is -0.172. The second kappa shape index (κ2) is 7.20. The molecule has 1 aromatic carbocycles. The molecule has 3 rings (SSSR count). The summed E-state index contributed by atoms with van der Waals surface area (Å²) in [7, 11) is 4.32. The van der Waals surface area contributed by atoms with Crippen molar-refractivity contribution in [1.82, 2.24) is 14.8 Å². The molecular weight excluding hydrogens is 289 g/mol. The summed E-state index contributed by atoms with van der Waals surface area (Å²) >= 11 is 0. The first-order chi connectivity index (χ1) is 11.1. The van der Waals surface area contributed by atoms with E-state index >= 15 is 0 Å². The number of likely N-dealkylation sites (N-methyl/N-ethyl adjacent to an activating group) is 1. The minimum Gasteiger partial charge on any atom is -0.305 e. The molecule has 0 unspecified atom stereocenters. The maximum atomic E-state index is 13.1. The van der Waals surface area contributed by atoms with Crippen molar-refractivity contribution in [3.05, 3.63) is 65.7 Å². The fraction of sp³-hybridized carbons (Fsp3) is 0.421. The van der Waals surface area contributed by atoms with E-state index in [9.17, 15) is 4.39 Å². The Labute approximate surface area is 137 Å². The zero-order valence-corrected chi connectivity index (χ0v) is 13.8. The molecule has 122 valence electrons. The molecule has 0 aliphatic carbocycles. The Balaban J connectivity index is 1.76. The quantitative estimate of drug-likeness (QED) is 0.846. The maximum Gasteiger partial charge on any atom is 0.123 e. The molecule has 0 radical (unpaired) electrons. The van der Waals surface area contributed by atoms with Crippen molar-refractivity contribution in [2.75, 3.05) is 20.6 Å². The normalized spacial score (nSPS) is 21.9. The van der Waals surface area contributed by atoms with Gasteiger partial charge in [0, 0.05) is 37.6 Å². The zero-order chi connectivity index (χ0) is 16.2. The highest BCUT2D eigenvalue weighted by atomic mass is 19.1. The van der Waals surface area contributed by atoms with Crippen LogP contribution in [-0.2, 0) is 13.0 Å². The highest BCUT2D eigenvalue weighted by Gasteiger charge is 2.35. The van der Waals surface area contributed by atoms with Crippen LogP contribution in [0.5, 0.6) is 0 Å². The standard InChI is InChI=1S/C19H24FN3/c1-22(2)18-9-12-23(14-16-3-5-17(20)6-4-16)19(18)13-15-7-10-21-11-8-15/h3-8,10-11,18-19H,9,12-14H2,1-2H3/t18-,19+/m1/s1. The number of hydrogen-bond acceptors (Lipinski definition) is 3. The van der Waals surface area contributed by atoms with Crippen molar-refractivity contribution in [2.24, 2.45) is 0 Å². The van der Waals surface area contributed by atoms with Gasteiger partial charge in [-0.1, -0.05) is 12.1 Å². The summed E-state index contributed by atoms with van der Waals surface area (Å²) in [6.45, 7) is 1.95. The van der Waals surface area contributed by atoms with Gasteiger partial charge in [0.15, 0.2) is 0 Å². The van der Waals surface area contributed by atoms with Gasteiger partial charge in [0.2, 0.25) is 0 Å². The van der Waals surface area contributed by atoms with Crippen LogP contribution in [0.2, 0.25) is 0 Å². The Kier molecular flexibility index (Phi) is 5.03. The molecule has 0 saturated carbocycles. The first-order valence-electron chi connectivity index (χ1n) is 8.17. The van der Waals surface area contributed by atoms with E-state index in [4.69, 9.17) is 0 Å². The number of aromatic nitrogens is 1. The van der Waals surface area contributed by atoms with Crippen LogP contribution in [0.4, 0.5) is 4.39 Å². The molecule has 0 spiro atoms. The zero-order valence-electron chi connectivity index (χ0n) is 13.8. The predicted octanol–water partition coefficient (Wildman–Crippen LogP) is 2.97. The number of pyridine rings is 1. The first-order valence-corrected chi connectivity index (χ1v) is 8.17. The third-order valence-electron chi connectivity index (χ3n) is 4.78. The number of rotatable bonds is 5. The van der Waals surface area contributed by atoms with Crippen LogP contribution in [-0.4, -0.2) is 47.5 Å². The number of nitrogens with zero attached hydrogens (tertiary/aromatic N) is 3. The molecule has 0 N–H and O–H groups in total. The van der Waals surface area contributed by atoms with Gasteiger partial charge in [-0.2, -0.15) is 0 Å². The lowest BCUT2D eigenvalue weighted by molar-refractivity contribution is 0.178. The van der Waals surface area contributed by atoms with E-state index in [1.54, 1.807) is 12.1 Å². The molecule has 2 heterocycles. The van der Waals surface area contributed by atoms with Crippen LogP contribution in [0.15, 0.2) is 48.8 Å². The lowest BCUT2D eigenvalue weighted by Gasteiger charge is -2.31. The predicted molar refractivity (Wildman–Crippen MR) is 90.6 cm³/mol. The van der Waals surface area contributed by atoms with E-state index in [0.29, 0.717) is 12.1 Å². The van der Waals surface area contributed by atoms with Crippen LogP contribution in [0.3, 0.4) is 0 Å². The van der Waals surface area contributed by atoms with Crippen LogP contribution >= 0.6 is 0 Å². The molecule has 0 amide bonds. The average Bonchev–Trinajstić information content (AvgIpc) is 2.93. The van der Waals surface area contributed by atoms with Gasteiger partial charge in [0.1, 0.15) is 5.82 Å². The van der Waals surface area contributed by atoms with E-state index in [1.165, 1.54) is 17.5 Å². The van der Waals surface area contributed by atoms with Crippen molar-refractivity contribution in [3.63, 3.8) is 0 Å². The second-order valence-corrected chi connectivity index (χ2v) is 6.54. The van der Waals surface area contributed by atoms with Crippen molar-refractivity contribution in [2.45, 2.75) is 31.5 Å². The van der Waals surface area contributed by atoms with Crippen LogP contribution in [0.1, 0.15) is 17.5 Å². The number of benzene rings is 1. The SMILES string of the molecule is CN(C)[C@@H]1CCN(Cc2ccc(F)cc2)[C@H]1Cc1ccncc1. The lowest BCUT2D eigenvalue weighted by Crippen LogP contribution is -2.43. The maximum absolute atomic E-state index is 13.1. The summed E-state index contributed by atoms with van der Waals surface area (Å²) in [6, 6.07) is 12.1. The fourth-order valence-electron chi connectivity index (χ4n) is 3.55. The molecule has 0 bridgehead atoms. The average molecular weight is 313 g/mol. The van der Waals surface area contributed by atoms with Gasteiger partial charge in [-0.05, 0) is 62.3 Å². The number of hydrogen-bond donors (Lipinski definition) is 0. The van der Waals surface area contributed by atoms with Gasteiger partial charge in [-0.15, -0.1) is 0 Å². The molecule has 1 aliphatic heterocycles. The van der Waals surface area contributed by atoms with Crippen molar-refractivity contribution < 1.29 is 4.39 Å². The Morgan fingerprint density at radius 1 is 1.09 bits per heavy atom. The highest BCUT2D eigenvalue weighted by molar-refractivity contribution is 5.18. The molecule has 4 heteroatoms. The Hall–Kier alpha value is -1.78. The molecule has 1 aliphatic rings. The second-order valence-electron chi connectivity index (χ2n) is 6.54. The summed E-state index contributed by atoms with van der Waals surface area (Å²) in [6.07, 6.45) is 5.91. The van der Waals surface area contributed by atoms with Crippen molar-refractivity contribution in [1.29, 1.82) is 0 Å². The van der Waals surface area contributed by atoms with E-state index in [1.807, 2.05) is 24.5 Å². The minimum absolute atomic E-state index is 0.172. The fourth-order valence-corrected chi connectivity index (χ4v) is 3.55.